The molecule has 0 radical (unpaired) electrons. The molecular formula is C18H26FN. The van der Waals surface area contributed by atoms with Crippen molar-refractivity contribution in [2.45, 2.75) is 46.6 Å². The number of benzene rings is 1. The van der Waals surface area contributed by atoms with E-state index in [1.807, 2.05) is 12.1 Å². The van der Waals surface area contributed by atoms with Crippen LogP contribution in [0.2, 0.25) is 0 Å². The van der Waals surface area contributed by atoms with E-state index in [0.29, 0.717) is 16.9 Å². The average Bonchev–Trinajstić information content (AvgIpc) is 3.25. The Bertz CT molecular complexity index is 471. The second kappa shape index (κ2) is 4.56. The molecule has 2 heteroatoms. The molecule has 2 aliphatic rings. The van der Waals surface area contributed by atoms with Gasteiger partial charge in [-0.25, -0.2) is 4.39 Å². The lowest BCUT2D eigenvalue weighted by molar-refractivity contribution is 0.436. The molecule has 1 nitrogen and oxygen atoms in total. The SMILES string of the molecule is CC1(C)C(CNC(c2ccc(F)cc2)C2CC2)C1(C)C. The summed E-state index contributed by atoms with van der Waals surface area (Å²) in [5, 5.41) is 3.77. The summed E-state index contributed by atoms with van der Waals surface area (Å²) in [5.74, 6) is 1.33. The van der Waals surface area contributed by atoms with Gasteiger partial charge in [-0.15, -0.1) is 0 Å². The van der Waals surface area contributed by atoms with Gasteiger partial charge < -0.3 is 5.32 Å². The number of halogens is 1. The minimum atomic E-state index is -0.146. The van der Waals surface area contributed by atoms with Crippen molar-refractivity contribution in [1.29, 1.82) is 0 Å². The van der Waals surface area contributed by atoms with E-state index >= 15 is 0 Å². The van der Waals surface area contributed by atoms with E-state index in [1.54, 1.807) is 12.1 Å². The highest BCUT2D eigenvalue weighted by molar-refractivity contribution is 5.22. The lowest BCUT2D eigenvalue weighted by Gasteiger charge is -2.19. The second-order valence-corrected chi connectivity index (χ2v) is 7.77. The summed E-state index contributed by atoms with van der Waals surface area (Å²) in [6.45, 7) is 10.5. The summed E-state index contributed by atoms with van der Waals surface area (Å²) in [5.41, 5.74) is 2.10. The lowest BCUT2D eigenvalue weighted by atomic mass is 10.0. The molecule has 0 bridgehead atoms. The van der Waals surface area contributed by atoms with Gasteiger partial charge in [0.2, 0.25) is 0 Å². The summed E-state index contributed by atoms with van der Waals surface area (Å²) in [6.07, 6.45) is 2.60. The number of hydrogen-bond donors (Lipinski definition) is 1. The Balaban J connectivity index is 1.66. The Kier molecular flexibility index (Phi) is 3.20. The standard InChI is InChI=1S/C18H26FN/c1-17(2)15(18(17,3)4)11-20-16(12-5-6-12)13-7-9-14(19)10-8-13/h7-10,12,15-16,20H,5-6,11H2,1-4H3. The summed E-state index contributed by atoms with van der Waals surface area (Å²) in [6, 6.07) is 7.44. The van der Waals surface area contributed by atoms with Crippen molar-refractivity contribution in [3.63, 3.8) is 0 Å². The molecule has 0 saturated heterocycles. The molecule has 2 fully saturated rings. The molecule has 1 unspecified atom stereocenters. The van der Waals surface area contributed by atoms with Gasteiger partial charge in [0.25, 0.3) is 0 Å². The van der Waals surface area contributed by atoms with Gasteiger partial charge in [-0.1, -0.05) is 39.8 Å². The van der Waals surface area contributed by atoms with Crippen molar-refractivity contribution < 1.29 is 4.39 Å². The summed E-state index contributed by atoms with van der Waals surface area (Å²) in [7, 11) is 0. The smallest absolute Gasteiger partial charge is 0.123 e. The Hall–Kier alpha value is -0.890. The molecular weight excluding hydrogens is 249 g/mol. The molecule has 1 atom stereocenters. The van der Waals surface area contributed by atoms with E-state index < -0.39 is 0 Å². The second-order valence-electron chi connectivity index (χ2n) is 7.77. The van der Waals surface area contributed by atoms with Gasteiger partial charge in [0.05, 0.1) is 0 Å². The quantitative estimate of drug-likeness (QED) is 0.831. The summed E-state index contributed by atoms with van der Waals surface area (Å²) < 4.78 is 13.1. The van der Waals surface area contributed by atoms with Crippen LogP contribution in [0.3, 0.4) is 0 Å². The number of rotatable bonds is 5. The zero-order valence-corrected chi connectivity index (χ0v) is 13.0. The Labute approximate surface area is 122 Å². The summed E-state index contributed by atoms with van der Waals surface area (Å²) in [4.78, 5) is 0. The first-order valence-corrected chi connectivity index (χ1v) is 7.83. The van der Waals surface area contributed by atoms with Crippen LogP contribution in [0.1, 0.15) is 52.1 Å². The predicted octanol–water partition coefficient (Wildman–Crippen LogP) is 4.55. The van der Waals surface area contributed by atoms with Crippen LogP contribution in [0.5, 0.6) is 0 Å². The van der Waals surface area contributed by atoms with E-state index in [0.717, 1.165) is 18.4 Å². The first-order valence-electron chi connectivity index (χ1n) is 7.83. The van der Waals surface area contributed by atoms with Crippen molar-refractivity contribution in [2.75, 3.05) is 6.54 Å². The molecule has 0 heterocycles. The van der Waals surface area contributed by atoms with Gasteiger partial charge in [-0.2, -0.15) is 0 Å². The van der Waals surface area contributed by atoms with Crippen LogP contribution in [0.15, 0.2) is 24.3 Å². The highest BCUT2D eigenvalue weighted by Gasteiger charge is 2.64. The minimum absolute atomic E-state index is 0.146. The first-order chi connectivity index (χ1) is 9.34. The molecule has 0 aromatic heterocycles. The minimum Gasteiger partial charge on any atom is -0.309 e. The van der Waals surface area contributed by atoms with Crippen LogP contribution in [0.25, 0.3) is 0 Å². The number of hydrogen-bond acceptors (Lipinski definition) is 1. The fraction of sp³-hybridized carbons (Fsp3) is 0.667. The molecule has 1 aromatic carbocycles. The van der Waals surface area contributed by atoms with Crippen molar-refractivity contribution in [3.8, 4) is 0 Å². The van der Waals surface area contributed by atoms with Crippen molar-refractivity contribution in [1.82, 2.24) is 5.32 Å². The van der Waals surface area contributed by atoms with Crippen LogP contribution >= 0.6 is 0 Å². The molecule has 0 amide bonds. The van der Waals surface area contributed by atoms with E-state index in [4.69, 9.17) is 0 Å². The predicted molar refractivity (Wildman–Crippen MR) is 80.9 cm³/mol. The highest BCUT2D eigenvalue weighted by atomic mass is 19.1. The third-order valence-corrected chi connectivity index (χ3v) is 6.18. The Morgan fingerprint density at radius 1 is 1.10 bits per heavy atom. The topological polar surface area (TPSA) is 12.0 Å². The third-order valence-electron chi connectivity index (χ3n) is 6.18. The molecule has 2 aliphatic carbocycles. The van der Waals surface area contributed by atoms with Crippen LogP contribution < -0.4 is 5.32 Å². The lowest BCUT2D eigenvalue weighted by Crippen LogP contribution is -2.26. The van der Waals surface area contributed by atoms with Crippen LogP contribution in [0, 0.1) is 28.5 Å². The molecule has 0 spiro atoms. The highest BCUT2D eigenvalue weighted by Crippen LogP contribution is 2.68. The van der Waals surface area contributed by atoms with Gasteiger partial charge in [0.1, 0.15) is 5.82 Å². The zero-order valence-electron chi connectivity index (χ0n) is 13.0. The van der Waals surface area contributed by atoms with E-state index in [2.05, 4.69) is 33.0 Å². The van der Waals surface area contributed by atoms with E-state index in [-0.39, 0.29) is 5.82 Å². The third kappa shape index (κ3) is 2.28. The molecule has 3 rings (SSSR count). The van der Waals surface area contributed by atoms with Gasteiger partial charge in [0, 0.05) is 6.04 Å². The van der Waals surface area contributed by atoms with Crippen molar-refractivity contribution >= 4 is 0 Å². The molecule has 0 aliphatic heterocycles. The van der Waals surface area contributed by atoms with Gasteiger partial charge in [-0.05, 0) is 59.7 Å². The Morgan fingerprint density at radius 2 is 1.65 bits per heavy atom. The summed E-state index contributed by atoms with van der Waals surface area (Å²) >= 11 is 0. The normalized spacial score (nSPS) is 25.4. The Morgan fingerprint density at radius 3 is 2.10 bits per heavy atom. The van der Waals surface area contributed by atoms with E-state index in [9.17, 15) is 4.39 Å². The fourth-order valence-electron chi connectivity index (χ4n) is 3.74. The van der Waals surface area contributed by atoms with Crippen LogP contribution in [-0.4, -0.2) is 6.54 Å². The van der Waals surface area contributed by atoms with Crippen LogP contribution in [0.4, 0.5) is 4.39 Å². The maximum atomic E-state index is 13.1. The molecule has 1 N–H and O–H groups in total. The molecule has 20 heavy (non-hydrogen) atoms. The molecule has 110 valence electrons. The van der Waals surface area contributed by atoms with Gasteiger partial charge >= 0.3 is 0 Å². The maximum Gasteiger partial charge on any atom is 0.123 e. The molecule has 1 aromatic rings. The zero-order chi connectivity index (χ0) is 14.5. The van der Waals surface area contributed by atoms with Crippen LogP contribution in [-0.2, 0) is 0 Å². The average molecular weight is 275 g/mol. The first kappa shape index (κ1) is 14.1. The van der Waals surface area contributed by atoms with Gasteiger partial charge in [-0.3, -0.25) is 0 Å². The van der Waals surface area contributed by atoms with Crippen molar-refractivity contribution in [3.05, 3.63) is 35.6 Å². The maximum absolute atomic E-state index is 13.1. The fourth-order valence-corrected chi connectivity index (χ4v) is 3.74. The van der Waals surface area contributed by atoms with E-state index in [1.165, 1.54) is 18.4 Å². The van der Waals surface area contributed by atoms with Crippen molar-refractivity contribution in [2.24, 2.45) is 22.7 Å². The number of nitrogens with one attached hydrogen (secondary N) is 1. The largest absolute Gasteiger partial charge is 0.309 e. The van der Waals surface area contributed by atoms with Gasteiger partial charge in [0.15, 0.2) is 0 Å². The monoisotopic (exact) mass is 275 g/mol. The molecule has 2 saturated carbocycles.